The lowest BCUT2D eigenvalue weighted by Crippen LogP contribution is -1.93. The maximum absolute atomic E-state index is 5.96. The lowest BCUT2D eigenvalue weighted by Gasteiger charge is -2.09. The minimum atomic E-state index is 0.342. The Morgan fingerprint density at radius 1 is 1.33 bits per heavy atom. The van der Waals surface area contributed by atoms with E-state index in [1.807, 2.05) is 19.1 Å². The summed E-state index contributed by atoms with van der Waals surface area (Å²) in [7, 11) is 0. The highest BCUT2D eigenvalue weighted by molar-refractivity contribution is 9.10. The summed E-state index contributed by atoms with van der Waals surface area (Å²) in [4.78, 5) is 4.21. The van der Waals surface area contributed by atoms with Gasteiger partial charge in [0, 0.05) is 21.3 Å². The number of alkyl halides is 1. The van der Waals surface area contributed by atoms with Crippen LogP contribution in [-0.4, -0.2) is 4.98 Å². The Kier molecular flexibility index (Phi) is 4.49. The van der Waals surface area contributed by atoms with Crippen LogP contribution < -0.4 is 4.74 Å². The van der Waals surface area contributed by atoms with Gasteiger partial charge in [0.1, 0.15) is 5.75 Å². The molecule has 18 heavy (non-hydrogen) atoms. The second-order valence-corrected chi connectivity index (χ2v) is 5.35. The highest BCUT2D eigenvalue weighted by Gasteiger charge is 2.07. The average Bonchev–Trinajstić information content (AvgIpc) is 2.36. The molecule has 0 saturated heterocycles. The van der Waals surface area contributed by atoms with Crippen LogP contribution >= 0.6 is 39.1 Å². The van der Waals surface area contributed by atoms with Gasteiger partial charge < -0.3 is 4.74 Å². The zero-order valence-corrected chi connectivity index (χ0v) is 12.7. The zero-order valence-electron chi connectivity index (χ0n) is 9.58. The van der Waals surface area contributed by atoms with Crippen LogP contribution in [-0.2, 0) is 5.88 Å². The summed E-state index contributed by atoms with van der Waals surface area (Å²) >= 11 is 15.2. The summed E-state index contributed by atoms with van der Waals surface area (Å²) in [5.41, 5.74) is 1.79. The van der Waals surface area contributed by atoms with E-state index in [4.69, 9.17) is 27.9 Å². The Labute approximate surface area is 124 Å². The summed E-state index contributed by atoms with van der Waals surface area (Å²) in [6.45, 7) is 1.92. The largest absolute Gasteiger partial charge is 0.439 e. The lowest BCUT2D eigenvalue weighted by atomic mass is 10.2. The number of aryl methyl sites for hydroxylation is 1. The summed E-state index contributed by atoms with van der Waals surface area (Å²) in [6, 6.07) is 7.35. The molecule has 0 N–H and O–H groups in total. The number of aromatic nitrogens is 1. The average molecular weight is 347 g/mol. The van der Waals surface area contributed by atoms with Crippen LogP contribution in [0.25, 0.3) is 0 Å². The highest BCUT2D eigenvalue weighted by Crippen LogP contribution is 2.28. The van der Waals surface area contributed by atoms with Crippen LogP contribution in [0.4, 0.5) is 0 Å². The molecule has 0 saturated carbocycles. The fourth-order valence-corrected chi connectivity index (χ4v) is 2.14. The van der Waals surface area contributed by atoms with Gasteiger partial charge in [-0.25, -0.2) is 4.98 Å². The Morgan fingerprint density at radius 2 is 2.11 bits per heavy atom. The van der Waals surface area contributed by atoms with Gasteiger partial charge in [0.05, 0.1) is 5.88 Å². The fourth-order valence-electron chi connectivity index (χ4n) is 1.45. The van der Waals surface area contributed by atoms with Crippen LogP contribution in [0.3, 0.4) is 0 Å². The quantitative estimate of drug-likeness (QED) is 0.700. The van der Waals surface area contributed by atoms with Crippen molar-refractivity contribution in [2.75, 3.05) is 0 Å². The summed E-state index contributed by atoms with van der Waals surface area (Å²) in [5.74, 6) is 1.54. The van der Waals surface area contributed by atoms with E-state index < -0.39 is 0 Å². The predicted molar refractivity (Wildman–Crippen MR) is 77.8 cm³/mol. The van der Waals surface area contributed by atoms with Gasteiger partial charge in [-0.05, 0) is 52.7 Å². The molecule has 0 unspecified atom stereocenters. The molecule has 0 fully saturated rings. The third kappa shape index (κ3) is 3.16. The fraction of sp³-hybridized carbons (Fsp3) is 0.154. The topological polar surface area (TPSA) is 22.1 Å². The zero-order chi connectivity index (χ0) is 13.1. The summed E-state index contributed by atoms with van der Waals surface area (Å²) < 4.78 is 6.59. The SMILES string of the molecule is Cc1cc(Oc2ncc(Br)cc2CCl)ccc1Cl. The smallest absolute Gasteiger partial charge is 0.223 e. The number of halogens is 3. The van der Waals surface area contributed by atoms with Crippen molar-refractivity contribution >= 4 is 39.1 Å². The number of ether oxygens (including phenoxy) is 1. The predicted octanol–water partition coefficient (Wildman–Crippen LogP) is 5.34. The third-order valence-electron chi connectivity index (χ3n) is 2.38. The molecule has 0 amide bonds. The van der Waals surface area contributed by atoms with Crippen molar-refractivity contribution in [2.45, 2.75) is 12.8 Å². The van der Waals surface area contributed by atoms with Crippen LogP contribution in [0.15, 0.2) is 34.9 Å². The first-order valence-electron chi connectivity index (χ1n) is 5.24. The highest BCUT2D eigenvalue weighted by atomic mass is 79.9. The van der Waals surface area contributed by atoms with Crippen molar-refractivity contribution in [3.05, 3.63) is 51.1 Å². The molecule has 1 heterocycles. The van der Waals surface area contributed by atoms with E-state index in [2.05, 4.69) is 20.9 Å². The van der Waals surface area contributed by atoms with Crippen LogP contribution in [0.2, 0.25) is 5.02 Å². The van der Waals surface area contributed by atoms with E-state index in [9.17, 15) is 0 Å². The van der Waals surface area contributed by atoms with E-state index >= 15 is 0 Å². The van der Waals surface area contributed by atoms with E-state index in [1.54, 1.807) is 18.3 Å². The molecule has 0 bridgehead atoms. The minimum absolute atomic E-state index is 0.342. The molecular formula is C13H10BrCl2NO. The molecule has 2 rings (SSSR count). The van der Waals surface area contributed by atoms with E-state index in [1.165, 1.54) is 0 Å². The lowest BCUT2D eigenvalue weighted by molar-refractivity contribution is 0.458. The van der Waals surface area contributed by atoms with Gasteiger partial charge >= 0.3 is 0 Å². The van der Waals surface area contributed by atoms with E-state index in [-0.39, 0.29) is 0 Å². The Balaban J connectivity index is 2.30. The van der Waals surface area contributed by atoms with Crippen molar-refractivity contribution in [1.29, 1.82) is 0 Å². The second-order valence-electron chi connectivity index (χ2n) is 3.76. The number of nitrogens with zero attached hydrogens (tertiary/aromatic N) is 1. The Morgan fingerprint density at radius 3 is 2.78 bits per heavy atom. The van der Waals surface area contributed by atoms with Crippen LogP contribution in [0.1, 0.15) is 11.1 Å². The number of hydrogen-bond acceptors (Lipinski definition) is 2. The van der Waals surface area contributed by atoms with Gasteiger partial charge in [-0.1, -0.05) is 11.6 Å². The van der Waals surface area contributed by atoms with Crippen molar-refractivity contribution in [3.63, 3.8) is 0 Å². The molecule has 0 spiro atoms. The van der Waals surface area contributed by atoms with Crippen molar-refractivity contribution in [1.82, 2.24) is 4.98 Å². The number of benzene rings is 1. The van der Waals surface area contributed by atoms with Crippen LogP contribution in [0.5, 0.6) is 11.6 Å². The van der Waals surface area contributed by atoms with Gasteiger partial charge in [0.2, 0.25) is 5.88 Å². The van der Waals surface area contributed by atoms with Gasteiger partial charge in [0.15, 0.2) is 0 Å². The van der Waals surface area contributed by atoms with Gasteiger partial charge in [-0.15, -0.1) is 11.6 Å². The molecule has 0 aliphatic heterocycles. The molecule has 0 radical (unpaired) electrons. The van der Waals surface area contributed by atoms with Crippen molar-refractivity contribution in [3.8, 4) is 11.6 Å². The molecule has 0 aliphatic rings. The van der Waals surface area contributed by atoms with Crippen LogP contribution in [0, 0.1) is 6.92 Å². The Bertz CT molecular complexity index is 575. The van der Waals surface area contributed by atoms with Crippen molar-refractivity contribution < 1.29 is 4.74 Å². The second kappa shape index (κ2) is 5.91. The third-order valence-corrected chi connectivity index (χ3v) is 3.53. The molecule has 0 aliphatic carbocycles. The van der Waals surface area contributed by atoms with Crippen molar-refractivity contribution in [2.24, 2.45) is 0 Å². The minimum Gasteiger partial charge on any atom is -0.439 e. The number of pyridine rings is 1. The molecule has 1 aromatic heterocycles. The summed E-state index contributed by atoms with van der Waals surface area (Å²) in [5, 5.41) is 0.712. The first kappa shape index (κ1) is 13.7. The van der Waals surface area contributed by atoms with Gasteiger partial charge in [-0.2, -0.15) is 0 Å². The molecule has 1 aromatic carbocycles. The molecule has 2 aromatic rings. The molecule has 2 nitrogen and oxygen atoms in total. The number of hydrogen-bond donors (Lipinski definition) is 0. The van der Waals surface area contributed by atoms with E-state index in [0.29, 0.717) is 22.5 Å². The Hall–Kier alpha value is -0.770. The molecule has 94 valence electrons. The monoisotopic (exact) mass is 345 g/mol. The maximum atomic E-state index is 5.96. The van der Waals surface area contributed by atoms with E-state index in [0.717, 1.165) is 15.6 Å². The van der Waals surface area contributed by atoms with Gasteiger partial charge in [0.25, 0.3) is 0 Å². The normalized spacial score (nSPS) is 10.4. The molecule has 5 heteroatoms. The van der Waals surface area contributed by atoms with Gasteiger partial charge in [-0.3, -0.25) is 0 Å². The first-order chi connectivity index (χ1) is 8.60. The maximum Gasteiger partial charge on any atom is 0.223 e. The first-order valence-corrected chi connectivity index (χ1v) is 6.95. The molecular weight excluding hydrogens is 337 g/mol. The molecule has 0 atom stereocenters. The standard InChI is InChI=1S/C13H10BrCl2NO/c1-8-4-11(2-3-12(8)16)18-13-9(6-15)5-10(14)7-17-13/h2-5,7H,6H2,1H3. The summed E-state index contributed by atoms with van der Waals surface area (Å²) in [6.07, 6.45) is 1.67. The number of rotatable bonds is 3.